The largest absolute Gasteiger partial charge is 0.409 e. The van der Waals surface area contributed by atoms with Gasteiger partial charge in [-0.05, 0) is 43.9 Å². The van der Waals surface area contributed by atoms with Crippen LogP contribution in [0.15, 0.2) is 5.16 Å². The molecule has 2 saturated carbocycles. The minimum Gasteiger partial charge on any atom is -0.409 e. The molecule has 0 aliphatic heterocycles. The monoisotopic (exact) mass is 253 g/mol. The van der Waals surface area contributed by atoms with Crippen molar-refractivity contribution in [2.45, 2.75) is 51.5 Å². The van der Waals surface area contributed by atoms with Gasteiger partial charge < -0.3 is 16.3 Å². The highest BCUT2D eigenvalue weighted by molar-refractivity contribution is 5.95. The molecule has 0 aromatic carbocycles. The first-order valence-corrected chi connectivity index (χ1v) is 6.78. The summed E-state index contributed by atoms with van der Waals surface area (Å²) >= 11 is 0. The maximum Gasteiger partial charge on any atom is 0.224 e. The van der Waals surface area contributed by atoms with E-state index in [4.69, 9.17) is 10.9 Å². The molecule has 0 heterocycles. The molecule has 102 valence electrons. The lowest BCUT2D eigenvalue weighted by Gasteiger charge is -2.39. The molecule has 0 spiro atoms. The SMILES string of the molecule is CC1CCC(NC(=O)C2CC2C)(/C(N)=N/O)CC1. The molecule has 0 aromatic heterocycles. The van der Waals surface area contributed by atoms with Crippen LogP contribution in [0.1, 0.15) is 46.0 Å². The lowest BCUT2D eigenvalue weighted by Crippen LogP contribution is -2.59. The number of nitrogens with zero attached hydrogens (tertiary/aromatic N) is 1. The van der Waals surface area contributed by atoms with Crippen molar-refractivity contribution in [2.24, 2.45) is 28.6 Å². The summed E-state index contributed by atoms with van der Waals surface area (Å²) in [5.74, 6) is 1.44. The van der Waals surface area contributed by atoms with E-state index < -0.39 is 5.54 Å². The van der Waals surface area contributed by atoms with Crippen LogP contribution in [-0.4, -0.2) is 22.5 Å². The standard InChI is InChI=1S/C13H23N3O2/c1-8-3-5-13(6-4-8,12(14)16-18)15-11(17)10-7-9(10)2/h8-10,18H,3-7H2,1-2H3,(H2,14,16)(H,15,17). The lowest BCUT2D eigenvalue weighted by atomic mass is 9.76. The van der Waals surface area contributed by atoms with Gasteiger partial charge in [-0.25, -0.2) is 0 Å². The fraction of sp³-hybridized carbons (Fsp3) is 0.846. The van der Waals surface area contributed by atoms with Gasteiger partial charge in [-0.1, -0.05) is 19.0 Å². The number of hydrogen-bond acceptors (Lipinski definition) is 3. The van der Waals surface area contributed by atoms with E-state index in [0.717, 1.165) is 32.1 Å². The summed E-state index contributed by atoms with van der Waals surface area (Å²) in [6, 6.07) is 0. The lowest BCUT2D eigenvalue weighted by molar-refractivity contribution is -0.124. The van der Waals surface area contributed by atoms with Crippen LogP contribution in [-0.2, 0) is 4.79 Å². The molecule has 5 nitrogen and oxygen atoms in total. The van der Waals surface area contributed by atoms with Gasteiger partial charge in [0.05, 0.1) is 0 Å². The average Bonchev–Trinajstić information content (AvgIpc) is 3.09. The quantitative estimate of drug-likeness (QED) is 0.308. The fourth-order valence-corrected chi connectivity index (χ4v) is 2.81. The number of hydrogen-bond donors (Lipinski definition) is 3. The predicted molar refractivity (Wildman–Crippen MR) is 69.2 cm³/mol. The van der Waals surface area contributed by atoms with Crippen LogP contribution >= 0.6 is 0 Å². The molecule has 1 amide bonds. The summed E-state index contributed by atoms with van der Waals surface area (Å²) in [6.45, 7) is 4.27. The van der Waals surface area contributed by atoms with E-state index in [9.17, 15) is 4.79 Å². The van der Waals surface area contributed by atoms with Gasteiger partial charge in [-0.3, -0.25) is 4.79 Å². The number of carbonyl (C=O) groups excluding carboxylic acids is 1. The Morgan fingerprint density at radius 2 is 1.94 bits per heavy atom. The summed E-state index contributed by atoms with van der Waals surface area (Å²) in [6.07, 6.45) is 4.47. The Bertz CT molecular complexity index is 359. The number of nitrogens with one attached hydrogen (secondary N) is 1. The first-order chi connectivity index (χ1) is 8.48. The van der Waals surface area contributed by atoms with Crippen molar-refractivity contribution in [1.29, 1.82) is 0 Å². The third-order valence-electron chi connectivity index (χ3n) is 4.53. The van der Waals surface area contributed by atoms with Crippen molar-refractivity contribution < 1.29 is 10.0 Å². The number of amides is 1. The summed E-state index contributed by atoms with van der Waals surface area (Å²) in [5, 5.41) is 15.1. The highest BCUT2D eigenvalue weighted by Gasteiger charge is 2.45. The Kier molecular flexibility index (Phi) is 3.50. The van der Waals surface area contributed by atoms with E-state index in [1.807, 2.05) is 0 Å². The van der Waals surface area contributed by atoms with Crippen molar-refractivity contribution in [1.82, 2.24) is 5.32 Å². The highest BCUT2D eigenvalue weighted by atomic mass is 16.4. The molecule has 2 aliphatic carbocycles. The minimum atomic E-state index is -0.624. The Hall–Kier alpha value is -1.26. The van der Waals surface area contributed by atoms with Crippen molar-refractivity contribution in [3.63, 3.8) is 0 Å². The third-order valence-corrected chi connectivity index (χ3v) is 4.53. The van der Waals surface area contributed by atoms with Gasteiger partial charge in [-0.15, -0.1) is 0 Å². The van der Waals surface area contributed by atoms with Gasteiger partial charge in [0.1, 0.15) is 5.54 Å². The Labute approximate surface area is 108 Å². The zero-order valence-electron chi connectivity index (χ0n) is 11.1. The second-order valence-corrected chi connectivity index (χ2v) is 6.06. The molecule has 2 aliphatic rings. The molecule has 2 unspecified atom stereocenters. The van der Waals surface area contributed by atoms with Crippen LogP contribution in [0, 0.1) is 17.8 Å². The van der Waals surface area contributed by atoms with Crippen LogP contribution in [0.3, 0.4) is 0 Å². The molecule has 2 rings (SSSR count). The predicted octanol–water partition coefficient (Wildman–Crippen LogP) is 1.45. The van der Waals surface area contributed by atoms with Crippen molar-refractivity contribution in [3.8, 4) is 0 Å². The molecule has 0 radical (unpaired) electrons. The van der Waals surface area contributed by atoms with Crippen molar-refractivity contribution in [2.75, 3.05) is 0 Å². The van der Waals surface area contributed by atoms with E-state index in [0.29, 0.717) is 11.8 Å². The fourth-order valence-electron chi connectivity index (χ4n) is 2.81. The van der Waals surface area contributed by atoms with Gasteiger partial charge in [-0.2, -0.15) is 0 Å². The van der Waals surface area contributed by atoms with Crippen molar-refractivity contribution in [3.05, 3.63) is 0 Å². The Morgan fingerprint density at radius 1 is 1.39 bits per heavy atom. The number of nitrogens with two attached hydrogens (primary N) is 1. The number of carbonyl (C=O) groups is 1. The first kappa shape index (κ1) is 13.2. The van der Waals surface area contributed by atoms with E-state index in [-0.39, 0.29) is 17.7 Å². The zero-order chi connectivity index (χ0) is 13.3. The smallest absolute Gasteiger partial charge is 0.224 e. The van der Waals surface area contributed by atoms with Gasteiger partial charge in [0, 0.05) is 5.92 Å². The summed E-state index contributed by atoms with van der Waals surface area (Å²) in [4.78, 5) is 12.1. The summed E-state index contributed by atoms with van der Waals surface area (Å²) in [5.41, 5.74) is 5.19. The molecule has 0 bridgehead atoms. The molecule has 4 N–H and O–H groups in total. The normalized spacial score (nSPS) is 40.3. The Balaban J connectivity index is 2.08. The first-order valence-electron chi connectivity index (χ1n) is 6.78. The van der Waals surface area contributed by atoms with Gasteiger partial charge in [0.25, 0.3) is 0 Å². The topological polar surface area (TPSA) is 87.7 Å². The van der Waals surface area contributed by atoms with Crippen molar-refractivity contribution >= 4 is 11.7 Å². The van der Waals surface area contributed by atoms with Crippen LogP contribution in [0.4, 0.5) is 0 Å². The second kappa shape index (κ2) is 4.78. The molecule has 2 fully saturated rings. The molecule has 0 saturated heterocycles. The summed E-state index contributed by atoms with van der Waals surface area (Å²) < 4.78 is 0. The average molecular weight is 253 g/mol. The van der Waals surface area contributed by atoms with Crippen LogP contribution in [0.2, 0.25) is 0 Å². The van der Waals surface area contributed by atoms with Gasteiger partial charge >= 0.3 is 0 Å². The van der Waals surface area contributed by atoms with Crippen LogP contribution in [0.5, 0.6) is 0 Å². The molecule has 0 aromatic rings. The van der Waals surface area contributed by atoms with Gasteiger partial charge in [0.15, 0.2) is 5.84 Å². The third kappa shape index (κ3) is 2.44. The Morgan fingerprint density at radius 3 is 2.39 bits per heavy atom. The molecule has 5 heteroatoms. The minimum absolute atomic E-state index is 0.0589. The molecule has 18 heavy (non-hydrogen) atoms. The highest BCUT2D eigenvalue weighted by Crippen LogP contribution is 2.39. The van der Waals surface area contributed by atoms with E-state index >= 15 is 0 Å². The van der Waals surface area contributed by atoms with E-state index in [1.54, 1.807) is 0 Å². The molecular weight excluding hydrogens is 230 g/mol. The maximum atomic E-state index is 12.1. The molecule has 2 atom stereocenters. The van der Waals surface area contributed by atoms with E-state index in [2.05, 4.69) is 24.3 Å². The number of oxime groups is 1. The van der Waals surface area contributed by atoms with Crippen LogP contribution in [0.25, 0.3) is 0 Å². The maximum absolute atomic E-state index is 12.1. The van der Waals surface area contributed by atoms with E-state index in [1.165, 1.54) is 0 Å². The molecular formula is C13H23N3O2. The number of amidine groups is 1. The summed E-state index contributed by atoms with van der Waals surface area (Å²) in [7, 11) is 0. The second-order valence-electron chi connectivity index (χ2n) is 6.06. The van der Waals surface area contributed by atoms with Gasteiger partial charge in [0.2, 0.25) is 5.91 Å². The zero-order valence-corrected chi connectivity index (χ0v) is 11.1. The number of rotatable bonds is 3. The van der Waals surface area contributed by atoms with Crippen LogP contribution < -0.4 is 11.1 Å².